The Bertz CT molecular complexity index is 694. The van der Waals surface area contributed by atoms with E-state index in [0.717, 1.165) is 18.4 Å². The van der Waals surface area contributed by atoms with Gasteiger partial charge in [-0.15, -0.1) is 0 Å². The Hall–Kier alpha value is -1.07. The Kier molecular flexibility index (Phi) is 6.00. The van der Waals surface area contributed by atoms with Crippen molar-refractivity contribution in [3.63, 3.8) is 0 Å². The van der Waals surface area contributed by atoms with Crippen LogP contribution in [-0.4, -0.2) is 87.6 Å². The van der Waals surface area contributed by atoms with Crippen molar-refractivity contribution in [2.75, 3.05) is 13.2 Å². The van der Waals surface area contributed by atoms with Crippen LogP contribution in [0.1, 0.15) is 33.1 Å². The van der Waals surface area contributed by atoms with E-state index >= 15 is 0 Å². The number of aliphatic hydroxyl groups is 5. The van der Waals surface area contributed by atoms with Gasteiger partial charge in [0.2, 0.25) is 0 Å². The summed E-state index contributed by atoms with van der Waals surface area (Å²) < 4.78 is 16.9. The van der Waals surface area contributed by atoms with Crippen molar-refractivity contribution in [2.45, 2.75) is 76.0 Å². The number of carbonyl (C=O) groups is 1. The lowest BCUT2D eigenvalue weighted by Crippen LogP contribution is -2.59. The number of hydrogen-bond acceptors (Lipinski definition) is 9. The van der Waals surface area contributed by atoms with Crippen LogP contribution < -0.4 is 0 Å². The van der Waals surface area contributed by atoms with Gasteiger partial charge in [0.15, 0.2) is 6.29 Å². The fraction of sp³-hybridized carbons (Fsp3) is 0.857. The fourth-order valence-corrected chi connectivity index (χ4v) is 5.73. The SMILES string of the molecule is C[C@@H]1C(=O)O[C@H]2[C@H]1CC[C@@]1(C)[C@H](O)CC=C(CO[C@@H]3O[C@H](CO)[C@@H](O)[C@H](O)[C@H]3O)[C@H]21. The molecule has 2 aliphatic heterocycles. The zero-order valence-corrected chi connectivity index (χ0v) is 17.3. The Labute approximate surface area is 175 Å². The maximum atomic E-state index is 12.2. The van der Waals surface area contributed by atoms with E-state index in [4.69, 9.17) is 14.2 Å². The van der Waals surface area contributed by atoms with E-state index in [1.807, 2.05) is 19.9 Å². The second-order valence-corrected chi connectivity index (χ2v) is 9.42. The molecule has 0 aromatic rings. The lowest BCUT2D eigenvalue weighted by Gasteiger charge is -2.52. The predicted octanol–water partition coefficient (Wildman–Crippen LogP) is -0.912. The summed E-state index contributed by atoms with van der Waals surface area (Å²) in [6.07, 6.45) is -3.71. The van der Waals surface area contributed by atoms with Gasteiger partial charge in [-0.2, -0.15) is 0 Å². The molecule has 0 unspecified atom stereocenters. The average Bonchev–Trinajstić information content (AvgIpc) is 3.01. The van der Waals surface area contributed by atoms with E-state index in [9.17, 15) is 30.3 Å². The van der Waals surface area contributed by atoms with Crippen LogP contribution in [0.4, 0.5) is 0 Å². The highest BCUT2D eigenvalue weighted by atomic mass is 16.7. The van der Waals surface area contributed by atoms with Gasteiger partial charge in [-0.3, -0.25) is 4.79 Å². The third-order valence-electron chi connectivity index (χ3n) is 7.77. The minimum absolute atomic E-state index is 0.0464. The smallest absolute Gasteiger partial charge is 0.309 e. The van der Waals surface area contributed by atoms with E-state index in [1.165, 1.54) is 0 Å². The number of fused-ring (bicyclic) bond motifs is 3. The number of ether oxygens (including phenoxy) is 3. The number of hydrogen-bond donors (Lipinski definition) is 5. The molecule has 4 aliphatic rings. The monoisotopic (exact) mass is 428 g/mol. The molecule has 2 saturated heterocycles. The van der Waals surface area contributed by atoms with Crippen molar-refractivity contribution in [1.82, 2.24) is 0 Å². The summed E-state index contributed by atoms with van der Waals surface area (Å²) in [5.41, 5.74) is 0.394. The van der Waals surface area contributed by atoms with Gasteiger partial charge in [0.05, 0.1) is 25.2 Å². The molecule has 9 nitrogen and oxygen atoms in total. The zero-order chi connectivity index (χ0) is 21.8. The molecule has 0 spiro atoms. The average molecular weight is 428 g/mol. The van der Waals surface area contributed by atoms with E-state index < -0.39 is 48.8 Å². The Morgan fingerprint density at radius 3 is 2.63 bits per heavy atom. The van der Waals surface area contributed by atoms with E-state index in [-0.39, 0.29) is 36.4 Å². The largest absolute Gasteiger partial charge is 0.461 e. The molecule has 0 aromatic carbocycles. The molecule has 4 rings (SSSR count). The topological polar surface area (TPSA) is 146 Å². The Balaban J connectivity index is 1.53. The Morgan fingerprint density at radius 1 is 1.20 bits per heavy atom. The van der Waals surface area contributed by atoms with Crippen LogP contribution in [0.2, 0.25) is 0 Å². The highest BCUT2D eigenvalue weighted by molar-refractivity contribution is 5.75. The molecular weight excluding hydrogens is 396 g/mol. The van der Waals surface area contributed by atoms with Crippen LogP contribution in [0.3, 0.4) is 0 Å². The zero-order valence-electron chi connectivity index (χ0n) is 17.3. The van der Waals surface area contributed by atoms with Gasteiger partial charge in [-0.1, -0.05) is 19.9 Å². The summed E-state index contributed by atoms with van der Waals surface area (Å²) in [6.45, 7) is 3.40. The molecule has 30 heavy (non-hydrogen) atoms. The molecule has 2 aliphatic carbocycles. The molecule has 11 atom stereocenters. The molecule has 9 heteroatoms. The van der Waals surface area contributed by atoms with Crippen LogP contribution in [0.25, 0.3) is 0 Å². The summed E-state index contributed by atoms with van der Waals surface area (Å²) >= 11 is 0. The molecule has 170 valence electrons. The van der Waals surface area contributed by atoms with E-state index in [0.29, 0.717) is 6.42 Å². The molecule has 5 N–H and O–H groups in total. The van der Waals surface area contributed by atoms with Crippen LogP contribution in [0.15, 0.2) is 11.6 Å². The quantitative estimate of drug-likeness (QED) is 0.284. The molecule has 1 saturated carbocycles. The van der Waals surface area contributed by atoms with Gasteiger partial charge < -0.3 is 39.7 Å². The maximum absolute atomic E-state index is 12.2. The van der Waals surface area contributed by atoms with Crippen LogP contribution in [0, 0.1) is 23.2 Å². The maximum Gasteiger partial charge on any atom is 0.309 e. The fourth-order valence-electron chi connectivity index (χ4n) is 5.73. The summed E-state index contributed by atoms with van der Waals surface area (Å²) in [5.74, 6) is -0.551. The minimum atomic E-state index is -1.51. The van der Waals surface area contributed by atoms with E-state index in [2.05, 4.69) is 0 Å². The molecule has 0 radical (unpaired) electrons. The van der Waals surface area contributed by atoms with Crippen molar-refractivity contribution in [3.05, 3.63) is 11.6 Å². The summed E-state index contributed by atoms with van der Waals surface area (Å²) in [7, 11) is 0. The van der Waals surface area contributed by atoms with Crippen molar-refractivity contribution >= 4 is 5.97 Å². The molecule has 3 fully saturated rings. The first-order chi connectivity index (χ1) is 14.2. The lowest BCUT2D eigenvalue weighted by atomic mass is 9.55. The third kappa shape index (κ3) is 3.40. The minimum Gasteiger partial charge on any atom is -0.461 e. The van der Waals surface area contributed by atoms with Crippen molar-refractivity contribution in [1.29, 1.82) is 0 Å². The first kappa shape index (κ1) is 22.1. The van der Waals surface area contributed by atoms with Crippen LogP contribution in [0.5, 0.6) is 0 Å². The third-order valence-corrected chi connectivity index (χ3v) is 7.77. The summed E-state index contributed by atoms with van der Waals surface area (Å²) in [5, 5.41) is 50.2. The van der Waals surface area contributed by atoms with Crippen molar-refractivity contribution in [3.8, 4) is 0 Å². The molecule has 0 aromatic heterocycles. The van der Waals surface area contributed by atoms with E-state index in [1.54, 1.807) is 0 Å². The first-order valence-electron chi connectivity index (χ1n) is 10.7. The normalized spacial score (nSPS) is 51.0. The summed E-state index contributed by atoms with van der Waals surface area (Å²) in [6, 6.07) is 0. The number of esters is 1. The molecular formula is C21H32O9. The predicted molar refractivity (Wildman–Crippen MR) is 102 cm³/mol. The lowest BCUT2D eigenvalue weighted by molar-refractivity contribution is -0.299. The van der Waals surface area contributed by atoms with Gasteiger partial charge in [0, 0.05) is 17.3 Å². The highest BCUT2D eigenvalue weighted by Crippen LogP contribution is 2.56. The van der Waals surface area contributed by atoms with Gasteiger partial charge in [0.1, 0.15) is 30.5 Å². The standard InChI is InChI=1S/C21H32O9/c1-9-11-5-6-21(2)13(23)4-3-10(14(21)18(11)30-19(9)27)8-28-20-17(26)16(25)15(24)12(7-22)29-20/h3,9,11-18,20,22-26H,4-8H2,1-2H3/t9-,11-,12+,13+,14+,15+,16-,17+,18-,20+,21-/m0/s1. The number of aliphatic hydroxyl groups excluding tert-OH is 5. The highest BCUT2D eigenvalue weighted by Gasteiger charge is 2.59. The number of rotatable bonds is 4. The molecule has 0 amide bonds. The second-order valence-electron chi connectivity index (χ2n) is 9.42. The Morgan fingerprint density at radius 2 is 1.93 bits per heavy atom. The van der Waals surface area contributed by atoms with Crippen molar-refractivity contribution in [2.24, 2.45) is 23.2 Å². The van der Waals surface area contributed by atoms with Crippen LogP contribution in [-0.2, 0) is 19.0 Å². The van der Waals surface area contributed by atoms with Crippen LogP contribution >= 0.6 is 0 Å². The molecule has 0 bridgehead atoms. The first-order valence-corrected chi connectivity index (χ1v) is 10.7. The second kappa shape index (κ2) is 8.12. The van der Waals surface area contributed by atoms with Gasteiger partial charge in [-0.25, -0.2) is 0 Å². The summed E-state index contributed by atoms with van der Waals surface area (Å²) in [4.78, 5) is 12.2. The van der Waals surface area contributed by atoms with Gasteiger partial charge in [0.25, 0.3) is 0 Å². The van der Waals surface area contributed by atoms with Gasteiger partial charge >= 0.3 is 5.97 Å². The number of carbonyl (C=O) groups excluding carboxylic acids is 1. The van der Waals surface area contributed by atoms with Crippen molar-refractivity contribution < 1.29 is 44.5 Å². The van der Waals surface area contributed by atoms with Gasteiger partial charge in [-0.05, 0) is 24.8 Å². The molecule has 2 heterocycles.